The van der Waals surface area contributed by atoms with Gasteiger partial charge in [0, 0.05) is 24.9 Å². The summed E-state index contributed by atoms with van der Waals surface area (Å²) in [4.78, 5) is 22.5. The van der Waals surface area contributed by atoms with Crippen molar-refractivity contribution in [1.82, 2.24) is 10.6 Å². The Kier molecular flexibility index (Phi) is 7.88. The van der Waals surface area contributed by atoms with Crippen molar-refractivity contribution in [2.75, 3.05) is 6.54 Å². The minimum absolute atomic E-state index is 0.0391. The van der Waals surface area contributed by atoms with E-state index in [-0.39, 0.29) is 17.9 Å². The first-order valence-electron chi connectivity index (χ1n) is 7.39. The molecule has 1 rings (SSSR count). The van der Waals surface area contributed by atoms with Crippen molar-refractivity contribution in [2.45, 2.75) is 45.6 Å². The maximum atomic E-state index is 13.0. The molecular formula is C16H22ClFN2O2. The first-order chi connectivity index (χ1) is 10.4. The standard InChI is InChI=1S/C16H22ClFN2O2/c1-11(14-8-7-13(18)10-15(14)17)20-16(22)6-4-3-5-9-19-12(2)21/h7-8,10-11H,3-6,9H2,1-2H3,(H,19,21)(H,20,22)/t11-/m1/s1. The molecule has 0 spiro atoms. The van der Waals surface area contributed by atoms with Gasteiger partial charge in [0.25, 0.3) is 0 Å². The van der Waals surface area contributed by atoms with Gasteiger partial charge < -0.3 is 10.6 Å². The van der Waals surface area contributed by atoms with E-state index in [0.29, 0.717) is 23.6 Å². The van der Waals surface area contributed by atoms with E-state index in [0.717, 1.165) is 19.3 Å². The molecule has 0 saturated heterocycles. The fraction of sp³-hybridized carbons (Fsp3) is 0.500. The fourth-order valence-electron chi connectivity index (χ4n) is 2.10. The largest absolute Gasteiger partial charge is 0.356 e. The monoisotopic (exact) mass is 328 g/mol. The molecule has 0 saturated carbocycles. The number of rotatable bonds is 8. The molecule has 2 amide bonds. The van der Waals surface area contributed by atoms with Gasteiger partial charge in [0.2, 0.25) is 11.8 Å². The summed E-state index contributed by atoms with van der Waals surface area (Å²) < 4.78 is 13.0. The lowest BCUT2D eigenvalue weighted by molar-refractivity contribution is -0.122. The second-order valence-electron chi connectivity index (χ2n) is 5.25. The van der Waals surface area contributed by atoms with E-state index < -0.39 is 5.82 Å². The average Bonchev–Trinajstić information content (AvgIpc) is 2.42. The molecule has 0 radical (unpaired) electrons. The molecule has 0 heterocycles. The molecule has 0 aromatic heterocycles. The molecule has 4 nitrogen and oxygen atoms in total. The Morgan fingerprint density at radius 2 is 2.00 bits per heavy atom. The zero-order valence-corrected chi connectivity index (χ0v) is 13.7. The van der Waals surface area contributed by atoms with Crippen LogP contribution in [0, 0.1) is 5.82 Å². The summed E-state index contributed by atoms with van der Waals surface area (Å²) in [6, 6.07) is 3.88. The molecule has 0 aliphatic carbocycles. The summed E-state index contributed by atoms with van der Waals surface area (Å²) in [7, 11) is 0. The van der Waals surface area contributed by atoms with Crippen LogP contribution in [0.4, 0.5) is 4.39 Å². The average molecular weight is 329 g/mol. The molecule has 0 bridgehead atoms. The van der Waals surface area contributed by atoms with Crippen LogP contribution >= 0.6 is 11.6 Å². The third kappa shape index (κ3) is 6.89. The quantitative estimate of drug-likeness (QED) is 0.719. The highest BCUT2D eigenvalue weighted by atomic mass is 35.5. The van der Waals surface area contributed by atoms with E-state index in [1.807, 2.05) is 6.92 Å². The Hall–Kier alpha value is -1.62. The van der Waals surface area contributed by atoms with Crippen LogP contribution in [0.2, 0.25) is 5.02 Å². The van der Waals surface area contributed by atoms with E-state index in [2.05, 4.69) is 10.6 Å². The van der Waals surface area contributed by atoms with Crippen molar-refractivity contribution in [3.05, 3.63) is 34.6 Å². The Morgan fingerprint density at radius 1 is 1.27 bits per heavy atom. The summed E-state index contributed by atoms with van der Waals surface area (Å²) in [6.45, 7) is 3.93. The SMILES string of the molecule is CC(=O)NCCCCCC(=O)N[C@H](C)c1ccc(F)cc1Cl. The predicted octanol–water partition coefficient (Wildman–Crippen LogP) is 3.35. The van der Waals surface area contributed by atoms with Crippen LogP contribution in [0.1, 0.15) is 51.1 Å². The van der Waals surface area contributed by atoms with Gasteiger partial charge in [0.05, 0.1) is 6.04 Å². The third-order valence-electron chi connectivity index (χ3n) is 3.26. The predicted molar refractivity (Wildman–Crippen MR) is 85.1 cm³/mol. The van der Waals surface area contributed by atoms with Crippen molar-refractivity contribution in [3.63, 3.8) is 0 Å². The Bertz CT molecular complexity index is 523. The van der Waals surface area contributed by atoms with Gasteiger partial charge in [0.15, 0.2) is 0 Å². The maximum Gasteiger partial charge on any atom is 0.220 e. The van der Waals surface area contributed by atoms with Gasteiger partial charge in [-0.05, 0) is 37.5 Å². The minimum atomic E-state index is -0.397. The fourth-order valence-corrected chi connectivity index (χ4v) is 2.43. The van der Waals surface area contributed by atoms with Crippen LogP contribution in [-0.2, 0) is 9.59 Å². The highest BCUT2D eigenvalue weighted by molar-refractivity contribution is 6.31. The number of benzene rings is 1. The van der Waals surface area contributed by atoms with Gasteiger partial charge in [-0.3, -0.25) is 9.59 Å². The van der Waals surface area contributed by atoms with Crippen molar-refractivity contribution >= 4 is 23.4 Å². The van der Waals surface area contributed by atoms with E-state index >= 15 is 0 Å². The summed E-state index contributed by atoms with van der Waals surface area (Å²) in [5.41, 5.74) is 0.696. The molecule has 0 aliphatic heterocycles. The molecule has 0 aliphatic rings. The number of halogens is 2. The van der Waals surface area contributed by atoms with Crippen LogP contribution in [-0.4, -0.2) is 18.4 Å². The lowest BCUT2D eigenvalue weighted by atomic mass is 10.1. The van der Waals surface area contributed by atoms with Crippen molar-refractivity contribution < 1.29 is 14.0 Å². The van der Waals surface area contributed by atoms with Crippen LogP contribution in [0.3, 0.4) is 0 Å². The second kappa shape index (κ2) is 9.41. The molecular weight excluding hydrogens is 307 g/mol. The van der Waals surface area contributed by atoms with Crippen LogP contribution < -0.4 is 10.6 Å². The second-order valence-corrected chi connectivity index (χ2v) is 5.66. The number of carbonyl (C=O) groups excluding carboxylic acids is 2. The van der Waals surface area contributed by atoms with E-state index in [9.17, 15) is 14.0 Å². The molecule has 122 valence electrons. The highest BCUT2D eigenvalue weighted by Gasteiger charge is 2.13. The van der Waals surface area contributed by atoms with Gasteiger partial charge in [-0.25, -0.2) is 4.39 Å². The number of nitrogens with one attached hydrogen (secondary N) is 2. The number of amides is 2. The molecule has 1 aromatic rings. The van der Waals surface area contributed by atoms with Crippen LogP contribution in [0.25, 0.3) is 0 Å². The lowest BCUT2D eigenvalue weighted by Crippen LogP contribution is -2.26. The number of hydrogen-bond donors (Lipinski definition) is 2. The van der Waals surface area contributed by atoms with Gasteiger partial charge in [-0.1, -0.05) is 24.1 Å². The molecule has 1 atom stereocenters. The smallest absolute Gasteiger partial charge is 0.220 e. The molecule has 6 heteroatoms. The Morgan fingerprint density at radius 3 is 2.64 bits per heavy atom. The van der Waals surface area contributed by atoms with Gasteiger partial charge in [0.1, 0.15) is 5.82 Å². The molecule has 2 N–H and O–H groups in total. The summed E-state index contributed by atoms with van der Waals surface area (Å²) in [5, 5.41) is 5.87. The summed E-state index contributed by atoms with van der Waals surface area (Å²) in [5.74, 6) is -0.499. The topological polar surface area (TPSA) is 58.2 Å². The van der Waals surface area contributed by atoms with Gasteiger partial charge in [-0.15, -0.1) is 0 Å². The Balaban J connectivity index is 2.28. The maximum absolute atomic E-state index is 13.0. The van der Waals surface area contributed by atoms with Crippen LogP contribution in [0.15, 0.2) is 18.2 Å². The van der Waals surface area contributed by atoms with E-state index in [1.165, 1.54) is 19.1 Å². The molecule has 1 aromatic carbocycles. The van der Waals surface area contributed by atoms with E-state index in [4.69, 9.17) is 11.6 Å². The Labute approximate surface area is 135 Å². The first-order valence-corrected chi connectivity index (χ1v) is 7.76. The summed E-state index contributed by atoms with van der Waals surface area (Å²) >= 11 is 5.97. The lowest BCUT2D eigenvalue weighted by Gasteiger charge is -2.15. The number of hydrogen-bond acceptors (Lipinski definition) is 2. The van der Waals surface area contributed by atoms with Crippen molar-refractivity contribution in [3.8, 4) is 0 Å². The highest BCUT2D eigenvalue weighted by Crippen LogP contribution is 2.23. The number of carbonyl (C=O) groups is 2. The normalized spacial score (nSPS) is 11.8. The zero-order valence-electron chi connectivity index (χ0n) is 12.9. The number of unbranched alkanes of at least 4 members (excludes halogenated alkanes) is 2. The zero-order chi connectivity index (χ0) is 16.5. The third-order valence-corrected chi connectivity index (χ3v) is 3.59. The summed E-state index contributed by atoms with van der Waals surface area (Å²) in [6.07, 6.45) is 2.91. The molecule has 0 fully saturated rings. The van der Waals surface area contributed by atoms with Gasteiger partial charge in [-0.2, -0.15) is 0 Å². The minimum Gasteiger partial charge on any atom is -0.356 e. The van der Waals surface area contributed by atoms with Crippen molar-refractivity contribution in [2.24, 2.45) is 0 Å². The van der Waals surface area contributed by atoms with E-state index in [1.54, 1.807) is 6.07 Å². The first kappa shape index (κ1) is 18.4. The van der Waals surface area contributed by atoms with Gasteiger partial charge >= 0.3 is 0 Å². The molecule has 22 heavy (non-hydrogen) atoms. The van der Waals surface area contributed by atoms with Crippen molar-refractivity contribution in [1.29, 1.82) is 0 Å². The molecule has 0 unspecified atom stereocenters. The van der Waals surface area contributed by atoms with Crippen LogP contribution in [0.5, 0.6) is 0 Å².